The second kappa shape index (κ2) is 29.3. The highest BCUT2D eigenvalue weighted by atomic mass is 32.2. The van der Waals surface area contributed by atoms with Gasteiger partial charge in [-0.25, -0.2) is 9.97 Å². The summed E-state index contributed by atoms with van der Waals surface area (Å²) in [4.78, 5) is 46.5. The van der Waals surface area contributed by atoms with Crippen LogP contribution in [0.25, 0.3) is 5.57 Å². The molecule has 3 aromatic carbocycles. The molecule has 0 amide bonds. The number of ether oxygens (including phenoxy) is 2. The van der Waals surface area contributed by atoms with E-state index in [-0.39, 0.29) is 34.6 Å². The zero-order valence-electron chi connectivity index (χ0n) is 45.3. The minimum absolute atomic E-state index is 0.0273. The summed E-state index contributed by atoms with van der Waals surface area (Å²) < 4.78 is 12.6. The number of piperidine rings is 1. The predicted octanol–water partition coefficient (Wildman–Crippen LogP) is 15.2. The van der Waals surface area contributed by atoms with Crippen LogP contribution in [0.3, 0.4) is 0 Å². The number of allylic oxidation sites excluding steroid dienone is 2. The maximum absolute atomic E-state index is 13.4. The Morgan fingerprint density at radius 2 is 1.58 bits per heavy atom. The minimum atomic E-state index is -0.337. The summed E-state index contributed by atoms with van der Waals surface area (Å²) in [5, 5.41) is 11.1. The lowest BCUT2D eigenvalue weighted by Gasteiger charge is -2.34. The number of ketones is 3. The molecule has 0 spiro atoms. The van der Waals surface area contributed by atoms with E-state index in [9.17, 15) is 19.6 Å². The van der Waals surface area contributed by atoms with Crippen LogP contribution in [0.15, 0.2) is 77.6 Å². The van der Waals surface area contributed by atoms with Crippen molar-refractivity contribution >= 4 is 40.4 Å². The van der Waals surface area contributed by atoms with E-state index in [1.165, 1.54) is 35.0 Å². The lowest BCUT2D eigenvalue weighted by Crippen LogP contribution is -2.34. The number of Topliss-reactive ketones (excluding diaryl/α,β-unsaturated/α-hetero) is 3. The number of hydrogen-bond donors (Lipinski definition) is 0. The molecule has 71 heavy (non-hydrogen) atoms. The molecule has 1 aliphatic carbocycles. The van der Waals surface area contributed by atoms with Gasteiger partial charge in [-0.3, -0.25) is 14.4 Å². The third-order valence-electron chi connectivity index (χ3n) is 14.4. The molecule has 1 saturated heterocycles. The summed E-state index contributed by atoms with van der Waals surface area (Å²) in [7, 11) is 0. The van der Waals surface area contributed by atoms with Gasteiger partial charge in [0.15, 0.2) is 10.9 Å². The van der Waals surface area contributed by atoms with E-state index < -0.39 is 0 Å². The van der Waals surface area contributed by atoms with E-state index >= 15 is 0 Å². The first-order valence-corrected chi connectivity index (χ1v) is 27.8. The van der Waals surface area contributed by atoms with E-state index in [1.807, 2.05) is 65.1 Å². The van der Waals surface area contributed by atoms with Gasteiger partial charge in [0.1, 0.15) is 35.7 Å². The summed E-state index contributed by atoms with van der Waals surface area (Å²) in [6, 6.07) is 23.4. The van der Waals surface area contributed by atoms with Crippen LogP contribution >= 0.6 is 11.8 Å². The fraction of sp³-hybridized carbons (Fsp3) is 0.541. The van der Waals surface area contributed by atoms with Crippen molar-refractivity contribution in [2.24, 2.45) is 17.8 Å². The highest BCUT2D eigenvalue weighted by molar-refractivity contribution is 7.98. The van der Waals surface area contributed by atoms with Gasteiger partial charge in [0.25, 0.3) is 0 Å². The van der Waals surface area contributed by atoms with Crippen LogP contribution in [0, 0.1) is 29.1 Å². The zero-order valence-corrected chi connectivity index (χ0v) is 46.2. The second-order valence-electron chi connectivity index (χ2n) is 19.7. The van der Waals surface area contributed by atoms with Crippen molar-refractivity contribution in [3.8, 4) is 17.6 Å². The van der Waals surface area contributed by atoms with E-state index in [0.717, 1.165) is 121 Å². The molecule has 6 rings (SSSR count). The van der Waals surface area contributed by atoms with Crippen molar-refractivity contribution in [3.63, 3.8) is 0 Å². The van der Waals surface area contributed by atoms with Crippen molar-refractivity contribution in [1.82, 2.24) is 9.97 Å². The van der Waals surface area contributed by atoms with E-state index in [0.29, 0.717) is 44.0 Å². The van der Waals surface area contributed by atoms with Gasteiger partial charge in [-0.05, 0) is 161 Å². The van der Waals surface area contributed by atoms with Gasteiger partial charge in [0, 0.05) is 60.6 Å². The molecule has 4 aromatic rings. The molecule has 1 aliphatic heterocycles. The van der Waals surface area contributed by atoms with Crippen LogP contribution in [-0.2, 0) is 28.0 Å². The van der Waals surface area contributed by atoms with Gasteiger partial charge < -0.3 is 14.4 Å². The molecule has 0 N–H and O–H groups in total. The maximum atomic E-state index is 13.4. The molecule has 0 radical (unpaired) electrons. The average Bonchev–Trinajstić information content (AvgIpc) is 3.37. The molecule has 1 saturated carbocycles. The number of nitriles is 1. The standard InChI is InChI=1S/C49H60N4O3S.C10H18O2.C2H6/c1-8-11-37-28-40(49(5,6)39-14-17-43(18-15-39)56-32-41-20-24-51-48(52-41)57-7)29-38(31-50)47(37)55-27-23-35-21-25-53(26-22-35)42-16-19-44(46(54)33(3)9-2)45(30-42)34(4)36-12-10-13-36;1-4-5-10(12)7-6-8(2)9(3)11;1-2/h14-20,24,28-30,33,35H,8-13,21-23,25-27,32H2,1-7H3;8H,4-7H2,1-3H3;1-2H3. The van der Waals surface area contributed by atoms with Crippen LogP contribution < -0.4 is 14.4 Å². The van der Waals surface area contributed by atoms with Gasteiger partial charge in [-0.15, -0.1) is 0 Å². The average molecular weight is 985 g/mol. The summed E-state index contributed by atoms with van der Waals surface area (Å²) >= 11 is 1.51. The molecule has 2 unspecified atom stereocenters. The molecular formula is C61H84N4O5S. The Labute approximate surface area is 432 Å². The number of hydrogen-bond acceptors (Lipinski definition) is 10. The van der Waals surface area contributed by atoms with Crippen LogP contribution in [0.4, 0.5) is 5.69 Å². The molecule has 2 atom stereocenters. The van der Waals surface area contributed by atoms with Crippen LogP contribution in [0.2, 0.25) is 0 Å². The second-order valence-corrected chi connectivity index (χ2v) is 20.5. The Bertz CT molecular complexity index is 2420. The van der Waals surface area contributed by atoms with Crippen LogP contribution in [0.5, 0.6) is 11.5 Å². The topological polar surface area (TPSA) is 122 Å². The SMILES string of the molecule is CC.CCCC(=O)CCC(C)C(C)=O.CCCc1cc(C(C)(C)c2ccc(OCc3ccnc(SC)n3)cc2)cc(C#N)c1OCCC1CCN(c2ccc(C(=O)C(C)CC)c(C(C)=C3CCC3)c2)CC1. The molecule has 2 fully saturated rings. The van der Waals surface area contributed by atoms with Gasteiger partial charge >= 0.3 is 0 Å². The summed E-state index contributed by atoms with van der Waals surface area (Å²) in [5.41, 5.74) is 10.5. The van der Waals surface area contributed by atoms with E-state index in [2.05, 4.69) is 92.0 Å². The Morgan fingerprint density at radius 1 is 0.873 bits per heavy atom. The molecule has 384 valence electrons. The number of carbonyl (C=O) groups is 3. The molecule has 0 bridgehead atoms. The third kappa shape index (κ3) is 16.6. The van der Waals surface area contributed by atoms with E-state index in [1.54, 1.807) is 13.1 Å². The predicted molar refractivity (Wildman–Crippen MR) is 294 cm³/mol. The van der Waals surface area contributed by atoms with Crippen LogP contribution in [0.1, 0.15) is 197 Å². The highest BCUT2D eigenvalue weighted by Gasteiger charge is 2.28. The summed E-state index contributed by atoms with van der Waals surface area (Å²) in [6.07, 6.45) is 15.9. The van der Waals surface area contributed by atoms with Gasteiger partial charge in [-0.1, -0.05) is 104 Å². The summed E-state index contributed by atoms with van der Waals surface area (Å²) in [5.74, 6) is 2.88. The number of nitrogens with zero attached hydrogens (tertiary/aromatic N) is 4. The number of benzene rings is 3. The Morgan fingerprint density at radius 3 is 2.17 bits per heavy atom. The van der Waals surface area contributed by atoms with Crippen molar-refractivity contribution in [3.05, 3.63) is 112 Å². The van der Waals surface area contributed by atoms with Crippen molar-refractivity contribution in [2.75, 3.05) is 30.9 Å². The smallest absolute Gasteiger partial charge is 0.187 e. The quantitative estimate of drug-likeness (QED) is 0.0403. The first kappa shape index (κ1) is 58.3. The number of rotatable bonds is 23. The van der Waals surface area contributed by atoms with Crippen molar-refractivity contribution in [2.45, 2.75) is 177 Å². The van der Waals surface area contributed by atoms with E-state index in [4.69, 9.17) is 9.47 Å². The molecule has 2 heterocycles. The Kier molecular flexibility index (Phi) is 24.1. The number of aromatic nitrogens is 2. The summed E-state index contributed by atoms with van der Waals surface area (Å²) in [6.45, 7) is 25.3. The number of anilines is 1. The monoisotopic (exact) mass is 985 g/mol. The van der Waals surface area contributed by atoms with Crippen LogP contribution in [-0.4, -0.2) is 53.3 Å². The largest absolute Gasteiger partial charge is 0.492 e. The number of aryl methyl sites for hydroxylation is 1. The van der Waals surface area contributed by atoms with Gasteiger partial charge in [-0.2, -0.15) is 5.26 Å². The highest BCUT2D eigenvalue weighted by Crippen LogP contribution is 2.39. The van der Waals surface area contributed by atoms with Crippen molar-refractivity contribution < 1.29 is 23.9 Å². The first-order valence-electron chi connectivity index (χ1n) is 26.6. The fourth-order valence-corrected chi connectivity index (χ4v) is 9.40. The third-order valence-corrected chi connectivity index (χ3v) is 15.0. The molecule has 1 aromatic heterocycles. The molecule has 10 heteroatoms. The normalized spacial score (nSPS) is 14.4. The maximum Gasteiger partial charge on any atom is 0.187 e. The zero-order chi connectivity index (χ0) is 52.1. The minimum Gasteiger partial charge on any atom is -0.492 e. The molecule has 9 nitrogen and oxygen atoms in total. The first-order chi connectivity index (χ1) is 34.1. The lowest BCUT2D eigenvalue weighted by atomic mass is 9.76. The number of carbonyl (C=O) groups excluding carboxylic acids is 3. The molecular weight excluding hydrogens is 901 g/mol. The number of thioether (sulfide) groups is 1. The van der Waals surface area contributed by atoms with Crippen molar-refractivity contribution in [1.29, 1.82) is 5.26 Å². The fourth-order valence-electron chi connectivity index (χ4n) is 9.02. The van der Waals surface area contributed by atoms with Gasteiger partial charge in [0.2, 0.25) is 0 Å². The van der Waals surface area contributed by atoms with Gasteiger partial charge in [0.05, 0.1) is 17.9 Å². The Balaban J connectivity index is 0.000000685. The molecule has 2 aliphatic rings. The lowest BCUT2D eigenvalue weighted by molar-refractivity contribution is -0.121. The Hall–Kier alpha value is -5.27.